The van der Waals surface area contributed by atoms with Crippen LogP contribution in [0.15, 0.2) is 0 Å². The molecule has 0 radical (unpaired) electrons. The van der Waals surface area contributed by atoms with E-state index < -0.39 is 6.10 Å². The van der Waals surface area contributed by atoms with E-state index in [0.29, 0.717) is 19.3 Å². The van der Waals surface area contributed by atoms with Gasteiger partial charge in [-0.3, -0.25) is 14.4 Å². The molecule has 0 aliphatic heterocycles. The monoisotopic (exact) mass is 779 g/mol. The second-order valence-corrected chi connectivity index (χ2v) is 17.9. The maximum Gasteiger partial charge on any atom is 0.306 e. The number of rotatable bonds is 42. The lowest BCUT2D eigenvalue weighted by molar-refractivity contribution is -0.167. The predicted octanol–water partition coefficient (Wildman–Crippen LogP) is 15.2. The molecule has 0 saturated carbocycles. The topological polar surface area (TPSA) is 78.9 Å². The number of carbonyl (C=O) groups is 3. The number of esters is 3. The van der Waals surface area contributed by atoms with Crippen LogP contribution in [0.2, 0.25) is 0 Å². The van der Waals surface area contributed by atoms with E-state index in [0.717, 1.165) is 75.5 Å². The summed E-state index contributed by atoms with van der Waals surface area (Å²) >= 11 is 0. The summed E-state index contributed by atoms with van der Waals surface area (Å²) in [5.41, 5.74) is 0. The van der Waals surface area contributed by atoms with Crippen molar-refractivity contribution in [1.82, 2.24) is 0 Å². The molecule has 2 atom stereocenters. The summed E-state index contributed by atoms with van der Waals surface area (Å²) < 4.78 is 16.8. The van der Waals surface area contributed by atoms with Gasteiger partial charge in [0.2, 0.25) is 0 Å². The molecule has 0 aromatic heterocycles. The maximum atomic E-state index is 12.7. The Bertz CT molecular complexity index is 854. The van der Waals surface area contributed by atoms with E-state index in [1.807, 2.05) is 0 Å². The van der Waals surface area contributed by atoms with Gasteiger partial charge in [0.1, 0.15) is 13.2 Å². The first-order chi connectivity index (χ1) is 26.6. The minimum atomic E-state index is -0.762. The van der Waals surface area contributed by atoms with Crippen LogP contribution in [0.25, 0.3) is 0 Å². The van der Waals surface area contributed by atoms with Crippen LogP contribution >= 0.6 is 0 Å². The van der Waals surface area contributed by atoms with Crippen LogP contribution in [0.5, 0.6) is 0 Å². The Morgan fingerprint density at radius 1 is 0.364 bits per heavy atom. The normalized spacial score (nSPS) is 12.7. The lowest BCUT2D eigenvalue weighted by atomic mass is 9.99. The molecule has 0 spiro atoms. The average molecular weight is 779 g/mol. The first-order valence-electron chi connectivity index (χ1n) is 24.1. The Balaban J connectivity index is 4.35. The lowest BCUT2D eigenvalue weighted by Crippen LogP contribution is -2.30. The number of hydrogen-bond acceptors (Lipinski definition) is 6. The van der Waals surface area contributed by atoms with Crippen molar-refractivity contribution in [3.05, 3.63) is 0 Å². The molecule has 0 aromatic rings. The summed E-state index contributed by atoms with van der Waals surface area (Å²) in [5, 5.41) is 0. The third kappa shape index (κ3) is 41.9. The highest BCUT2D eigenvalue weighted by Gasteiger charge is 2.19. The smallest absolute Gasteiger partial charge is 0.306 e. The Labute approximate surface area is 342 Å². The van der Waals surface area contributed by atoms with Crippen LogP contribution < -0.4 is 0 Å². The average Bonchev–Trinajstić information content (AvgIpc) is 3.15. The van der Waals surface area contributed by atoms with E-state index in [2.05, 4.69) is 41.5 Å². The number of ether oxygens (including phenoxy) is 3. The fourth-order valence-corrected chi connectivity index (χ4v) is 7.20. The van der Waals surface area contributed by atoms with Gasteiger partial charge in [-0.25, -0.2) is 0 Å². The maximum absolute atomic E-state index is 12.7. The van der Waals surface area contributed by atoms with Gasteiger partial charge in [0.25, 0.3) is 0 Å². The SMILES string of the molecule is CCC(C)CCCCCCCCCCC(=O)OC[C@H](COC(=O)CCCCCCCCCCCC(C)C)OC(=O)CCCCCCCCCCCCC(C)C. The van der Waals surface area contributed by atoms with Crippen molar-refractivity contribution in [3.8, 4) is 0 Å². The van der Waals surface area contributed by atoms with Crippen molar-refractivity contribution >= 4 is 17.9 Å². The zero-order valence-electron chi connectivity index (χ0n) is 37.7. The van der Waals surface area contributed by atoms with E-state index in [4.69, 9.17) is 14.2 Å². The van der Waals surface area contributed by atoms with Gasteiger partial charge in [0.05, 0.1) is 0 Å². The molecule has 0 heterocycles. The zero-order valence-corrected chi connectivity index (χ0v) is 37.7. The summed E-state index contributed by atoms with van der Waals surface area (Å²) in [6.45, 7) is 13.7. The van der Waals surface area contributed by atoms with Gasteiger partial charge in [-0.15, -0.1) is 0 Å². The highest BCUT2D eigenvalue weighted by molar-refractivity contribution is 5.71. The fourth-order valence-electron chi connectivity index (χ4n) is 7.20. The minimum Gasteiger partial charge on any atom is -0.462 e. The van der Waals surface area contributed by atoms with E-state index in [9.17, 15) is 14.4 Å². The molecule has 0 fully saturated rings. The lowest BCUT2D eigenvalue weighted by Gasteiger charge is -2.18. The largest absolute Gasteiger partial charge is 0.462 e. The van der Waals surface area contributed by atoms with Crippen molar-refractivity contribution < 1.29 is 28.6 Å². The summed E-state index contributed by atoms with van der Waals surface area (Å²) in [4.78, 5) is 37.8. The van der Waals surface area contributed by atoms with Gasteiger partial charge >= 0.3 is 17.9 Å². The standard InChI is InChI=1S/C49H94O6/c1-7-45(6)37-31-25-19-15-16-21-27-33-39-48(51)54-42-46(41-53-47(50)38-32-26-20-14-10-12-18-24-30-36-44(4)5)55-49(52)40-34-28-22-13-9-8-11-17-23-29-35-43(2)3/h43-46H,7-42H2,1-6H3/t45?,46-/m0/s1. The van der Waals surface area contributed by atoms with Crippen LogP contribution in [-0.2, 0) is 28.6 Å². The molecule has 0 rings (SSSR count). The molecular weight excluding hydrogens is 685 g/mol. The Kier molecular flexibility index (Phi) is 39.4. The highest BCUT2D eigenvalue weighted by atomic mass is 16.6. The van der Waals surface area contributed by atoms with Crippen molar-refractivity contribution in [2.24, 2.45) is 17.8 Å². The second kappa shape index (κ2) is 40.6. The predicted molar refractivity (Wildman–Crippen MR) is 233 cm³/mol. The molecule has 0 saturated heterocycles. The van der Waals surface area contributed by atoms with E-state index in [-0.39, 0.29) is 31.1 Å². The molecule has 1 unspecified atom stereocenters. The molecule has 0 amide bonds. The van der Waals surface area contributed by atoms with Crippen LogP contribution in [-0.4, -0.2) is 37.2 Å². The molecule has 0 bridgehead atoms. The number of hydrogen-bond donors (Lipinski definition) is 0. The van der Waals surface area contributed by atoms with Gasteiger partial charge in [0, 0.05) is 19.3 Å². The van der Waals surface area contributed by atoms with E-state index in [1.54, 1.807) is 0 Å². The minimum absolute atomic E-state index is 0.0660. The number of carbonyl (C=O) groups excluding carboxylic acids is 3. The van der Waals surface area contributed by atoms with Crippen molar-refractivity contribution in [2.45, 2.75) is 266 Å². The zero-order chi connectivity index (χ0) is 40.6. The van der Waals surface area contributed by atoms with Gasteiger partial charge in [-0.05, 0) is 37.0 Å². The van der Waals surface area contributed by atoms with Crippen LogP contribution in [0, 0.1) is 17.8 Å². The molecule has 6 heteroatoms. The molecule has 55 heavy (non-hydrogen) atoms. The second-order valence-electron chi connectivity index (χ2n) is 17.9. The van der Waals surface area contributed by atoms with Gasteiger partial charge in [-0.2, -0.15) is 0 Å². The van der Waals surface area contributed by atoms with Crippen LogP contribution in [0.4, 0.5) is 0 Å². The van der Waals surface area contributed by atoms with Gasteiger partial charge in [-0.1, -0.05) is 221 Å². The van der Waals surface area contributed by atoms with Crippen molar-refractivity contribution in [1.29, 1.82) is 0 Å². The van der Waals surface area contributed by atoms with E-state index in [1.165, 1.54) is 141 Å². The molecule has 0 N–H and O–H groups in total. The molecular formula is C49H94O6. The summed E-state index contributed by atoms with van der Waals surface area (Å²) in [5.74, 6) is 1.61. The summed E-state index contributed by atoms with van der Waals surface area (Å²) in [6.07, 6.45) is 38.0. The van der Waals surface area contributed by atoms with Crippen molar-refractivity contribution in [2.75, 3.05) is 13.2 Å². The molecule has 326 valence electrons. The quantitative estimate of drug-likeness (QED) is 0.0349. The van der Waals surface area contributed by atoms with Crippen molar-refractivity contribution in [3.63, 3.8) is 0 Å². The Morgan fingerprint density at radius 3 is 0.945 bits per heavy atom. The molecule has 0 aliphatic carbocycles. The first-order valence-corrected chi connectivity index (χ1v) is 24.1. The summed E-state index contributed by atoms with van der Waals surface area (Å²) in [6, 6.07) is 0. The Morgan fingerprint density at radius 2 is 0.636 bits per heavy atom. The van der Waals surface area contributed by atoms with Crippen LogP contribution in [0.1, 0.15) is 260 Å². The molecule has 0 aliphatic rings. The third-order valence-electron chi connectivity index (χ3n) is 11.3. The number of unbranched alkanes of at least 4 members (excludes halogenated alkanes) is 24. The molecule has 0 aromatic carbocycles. The Hall–Kier alpha value is -1.59. The van der Waals surface area contributed by atoms with Gasteiger partial charge < -0.3 is 14.2 Å². The van der Waals surface area contributed by atoms with E-state index >= 15 is 0 Å². The summed E-state index contributed by atoms with van der Waals surface area (Å²) in [7, 11) is 0. The van der Waals surface area contributed by atoms with Gasteiger partial charge in [0.15, 0.2) is 6.10 Å². The molecule has 6 nitrogen and oxygen atoms in total. The third-order valence-corrected chi connectivity index (χ3v) is 11.3. The highest BCUT2D eigenvalue weighted by Crippen LogP contribution is 2.17. The first kappa shape index (κ1) is 53.4. The van der Waals surface area contributed by atoms with Crippen LogP contribution in [0.3, 0.4) is 0 Å². The fraction of sp³-hybridized carbons (Fsp3) is 0.939.